The highest BCUT2D eigenvalue weighted by Gasteiger charge is 2.06. The van der Waals surface area contributed by atoms with E-state index in [1.54, 1.807) is 12.5 Å². The summed E-state index contributed by atoms with van der Waals surface area (Å²) in [7, 11) is 0. The van der Waals surface area contributed by atoms with Crippen molar-refractivity contribution in [1.29, 1.82) is 0 Å². The van der Waals surface area contributed by atoms with Gasteiger partial charge in [0.05, 0.1) is 17.6 Å². The zero-order chi connectivity index (χ0) is 12.8. The molecule has 0 aliphatic heterocycles. The first-order valence-electron chi connectivity index (χ1n) is 6.12. The van der Waals surface area contributed by atoms with Gasteiger partial charge in [0, 0.05) is 12.1 Å². The van der Waals surface area contributed by atoms with Gasteiger partial charge in [0.1, 0.15) is 6.33 Å². The molecule has 2 aromatic rings. The molecule has 1 aromatic heterocycles. The van der Waals surface area contributed by atoms with Crippen molar-refractivity contribution in [3.8, 4) is 11.3 Å². The van der Waals surface area contributed by atoms with Crippen LogP contribution in [0.1, 0.15) is 12.0 Å². The normalized spacial score (nSPS) is 10.3. The van der Waals surface area contributed by atoms with Crippen molar-refractivity contribution < 1.29 is 0 Å². The maximum absolute atomic E-state index is 5.49. The number of nitrogens with zero attached hydrogens (tertiary/aromatic N) is 2. The van der Waals surface area contributed by atoms with Crippen LogP contribution in [0.4, 0.5) is 5.69 Å². The molecule has 0 aliphatic carbocycles. The van der Waals surface area contributed by atoms with E-state index in [1.807, 2.05) is 6.07 Å². The van der Waals surface area contributed by atoms with E-state index in [0.717, 1.165) is 29.9 Å². The summed E-state index contributed by atoms with van der Waals surface area (Å²) in [5.41, 5.74) is 9.71. The maximum atomic E-state index is 5.49. The molecule has 18 heavy (non-hydrogen) atoms. The Morgan fingerprint density at radius 3 is 3.00 bits per heavy atom. The van der Waals surface area contributed by atoms with Crippen LogP contribution in [0.3, 0.4) is 0 Å². The van der Waals surface area contributed by atoms with Crippen LogP contribution >= 0.6 is 0 Å². The van der Waals surface area contributed by atoms with Crippen molar-refractivity contribution in [2.45, 2.75) is 13.3 Å². The fourth-order valence-electron chi connectivity index (χ4n) is 1.81. The third-order valence-electron chi connectivity index (χ3n) is 2.70. The number of aromatic nitrogens is 2. The SMILES string of the molecule is Cc1cccc(-c2ncncc2NCCCN)c1. The molecule has 2 rings (SSSR count). The van der Waals surface area contributed by atoms with E-state index in [2.05, 4.69) is 40.4 Å². The number of nitrogens with two attached hydrogens (primary N) is 1. The fourth-order valence-corrected chi connectivity index (χ4v) is 1.81. The topological polar surface area (TPSA) is 63.8 Å². The van der Waals surface area contributed by atoms with Crippen molar-refractivity contribution in [2.24, 2.45) is 5.73 Å². The quantitative estimate of drug-likeness (QED) is 0.789. The summed E-state index contributed by atoms with van der Waals surface area (Å²) in [6, 6.07) is 8.29. The minimum absolute atomic E-state index is 0.681. The average molecular weight is 242 g/mol. The molecule has 0 bridgehead atoms. The highest BCUT2D eigenvalue weighted by Crippen LogP contribution is 2.25. The van der Waals surface area contributed by atoms with Gasteiger partial charge in [-0.15, -0.1) is 0 Å². The highest BCUT2D eigenvalue weighted by atomic mass is 14.9. The van der Waals surface area contributed by atoms with Crippen molar-refractivity contribution in [2.75, 3.05) is 18.4 Å². The van der Waals surface area contributed by atoms with Crippen molar-refractivity contribution >= 4 is 5.69 Å². The molecular formula is C14H18N4. The molecule has 0 saturated carbocycles. The molecule has 0 spiro atoms. The molecule has 0 amide bonds. The summed E-state index contributed by atoms with van der Waals surface area (Å²) in [5.74, 6) is 0. The summed E-state index contributed by atoms with van der Waals surface area (Å²) in [6.45, 7) is 3.59. The Bertz CT molecular complexity index is 511. The minimum Gasteiger partial charge on any atom is -0.382 e. The molecule has 94 valence electrons. The lowest BCUT2D eigenvalue weighted by Crippen LogP contribution is -2.09. The van der Waals surface area contributed by atoms with E-state index >= 15 is 0 Å². The van der Waals surface area contributed by atoms with E-state index in [0.29, 0.717) is 6.54 Å². The van der Waals surface area contributed by atoms with Gasteiger partial charge in [-0.1, -0.05) is 23.8 Å². The minimum atomic E-state index is 0.681. The lowest BCUT2D eigenvalue weighted by atomic mass is 10.1. The van der Waals surface area contributed by atoms with Gasteiger partial charge in [0.2, 0.25) is 0 Å². The molecule has 0 fully saturated rings. The lowest BCUT2D eigenvalue weighted by molar-refractivity contribution is 0.873. The van der Waals surface area contributed by atoms with Gasteiger partial charge in [0.15, 0.2) is 0 Å². The van der Waals surface area contributed by atoms with E-state index in [1.165, 1.54) is 5.56 Å². The Labute approximate surface area is 107 Å². The highest BCUT2D eigenvalue weighted by molar-refractivity contribution is 5.73. The first kappa shape index (κ1) is 12.5. The monoisotopic (exact) mass is 242 g/mol. The predicted octanol–water partition coefficient (Wildman–Crippen LogP) is 2.21. The summed E-state index contributed by atoms with van der Waals surface area (Å²) >= 11 is 0. The van der Waals surface area contributed by atoms with E-state index < -0.39 is 0 Å². The summed E-state index contributed by atoms with van der Waals surface area (Å²) in [4.78, 5) is 8.43. The average Bonchev–Trinajstić information content (AvgIpc) is 2.40. The second kappa shape index (κ2) is 6.12. The summed E-state index contributed by atoms with van der Waals surface area (Å²) < 4.78 is 0. The molecule has 3 N–H and O–H groups in total. The number of nitrogens with one attached hydrogen (secondary N) is 1. The van der Waals surface area contributed by atoms with Gasteiger partial charge in [-0.25, -0.2) is 9.97 Å². The zero-order valence-electron chi connectivity index (χ0n) is 10.6. The lowest BCUT2D eigenvalue weighted by Gasteiger charge is -2.10. The fraction of sp³-hybridized carbons (Fsp3) is 0.286. The first-order chi connectivity index (χ1) is 8.81. The maximum Gasteiger partial charge on any atom is 0.116 e. The standard InChI is InChI=1S/C14H18N4/c1-11-4-2-5-12(8-11)14-13(9-16-10-18-14)17-7-3-6-15/h2,4-5,8-10,17H,3,6-7,15H2,1H3. The number of hydrogen-bond acceptors (Lipinski definition) is 4. The Morgan fingerprint density at radius 2 is 2.22 bits per heavy atom. The van der Waals surface area contributed by atoms with E-state index in [-0.39, 0.29) is 0 Å². The van der Waals surface area contributed by atoms with Gasteiger partial charge in [0.25, 0.3) is 0 Å². The predicted molar refractivity (Wildman–Crippen MR) is 74.4 cm³/mol. The van der Waals surface area contributed by atoms with Crippen molar-refractivity contribution in [1.82, 2.24) is 9.97 Å². The first-order valence-corrected chi connectivity index (χ1v) is 6.12. The molecule has 1 aromatic carbocycles. The Balaban J connectivity index is 2.27. The molecule has 0 unspecified atom stereocenters. The third kappa shape index (κ3) is 3.05. The zero-order valence-corrected chi connectivity index (χ0v) is 10.6. The van der Waals surface area contributed by atoms with Crippen LogP contribution in [0.5, 0.6) is 0 Å². The summed E-state index contributed by atoms with van der Waals surface area (Å²) in [6.07, 6.45) is 4.31. The van der Waals surface area contributed by atoms with Gasteiger partial charge < -0.3 is 11.1 Å². The van der Waals surface area contributed by atoms with Gasteiger partial charge >= 0.3 is 0 Å². The summed E-state index contributed by atoms with van der Waals surface area (Å²) in [5, 5.41) is 3.33. The van der Waals surface area contributed by atoms with Crippen LogP contribution in [-0.2, 0) is 0 Å². The van der Waals surface area contributed by atoms with Crippen LogP contribution in [0, 0.1) is 6.92 Å². The van der Waals surface area contributed by atoms with Crippen LogP contribution < -0.4 is 11.1 Å². The molecule has 0 saturated heterocycles. The Kier molecular flexibility index (Phi) is 4.25. The van der Waals surface area contributed by atoms with Gasteiger partial charge in [-0.05, 0) is 26.0 Å². The third-order valence-corrected chi connectivity index (χ3v) is 2.70. The van der Waals surface area contributed by atoms with Crippen molar-refractivity contribution in [3.63, 3.8) is 0 Å². The molecule has 1 heterocycles. The molecule has 0 radical (unpaired) electrons. The van der Waals surface area contributed by atoms with Gasteiger partial charge in [-0.3, -0.25) is 0 Å². The van der Waals surface area contributed by atoms with Crippen molar-refractivity contribution in [3.05, 3.63) is 42.4 Å². The van der Waals surface area contributed by atoms with E-state index in [9.17, 15) is 0 Å². The van der Waals surface area contributed by atoms with Crippen LogP contribution in [-0.4, -0.2) is 23.1 Å². The molecule has 0 atom stereocenters. The second-order valence-corrected chi connectivity index (χ2v) is 4.22. The smallest absolute Gasteiger partial charge is 0.116 e. The molecule has 0 aliphatic rings. The largest absolute Gasteiger partial charge is 0.382 e. The Hall–Kier alpha value is -1.94. The second-order valence-electron chi connectivity index (χ2n) is 4.22. The van der Waals surface area contributed by atoms with Gasteiger partial charge in [-0.2, -0.15) is 0 Å². The van der Waals surface area contributed by atoms with Crippen LogP contribution in [0.2, 0.25) is 0 Å². The van der Waals surface area contributed by atoms with Crippen LogP contribution in [0.15, 0.2) is 36.8 Å². The molecule has 4 heteroatoms. The number of benzene rings is 1. The Morgan fingerprint density at radius 1 is 1.33 bits per heavy atom. The molecule has 4 nitrogen and oxygen atoms in total. The van der Waals surface area contributed by atoms with E-state index in [4.69, 9.17) is 5.73 Å². The number of aryl methyl sites for hydroxylation is 1. The van der Waals surface area contributed by atoms with Crippen LogP contribution in [0.25, 0.3) is 11.3 Å². The molecular weight excluding hydrogens is 224 g/mol. The number of hydrogen-bond donors (Lipinski definition) is 2. The number of anilines is 1. The number of rotatable bonds is 5.